The molecule has 0 amide bonds. The predicted octanol–water partition coefficient (Wildman–Crippen LogP) is 3.37. The number of sulfonamides is 1. The lowest BCUT2D eigenvalue weighted by Gasteiger charge is -2.09. The Bertz CT molecular complexity index is 697. The monoisotopic (exact) mass is 383 g/mol. The van der Waals surface area contributed by atoms with Crippen molar-refractivity contribution in [1.29, 1.82) is 0 Å². The highest BCUT2D eigenvalue weighted by molar-refractivity contribution is 9.10. The van der Waals surface area contributed by atoms with Crippen molar-refractivity contribution in [3.63, 3.8) is 0 Å². The fourth-order valence-corrected chi connectivity index (χ4v) is 3.14. The SMILES string of the molecule is CCc1ccc(S(=O)(=O)NCCOc2ccc(Br)cc2)cc1. The van der Waals surface area contributed by atoms with E-state index in [9.17, 15) is 8.42 Å². The van der Waals surface area contributed by atoms with Gasteiger partial charge in [-0.2, -0.15) is 0 Å². The standard InChI is InChI=1S/C16H18BrNO3S/c1-2-13-3-9-16(10-4-13)22(19,20)18-11-12-21-15-7-5-14(17)6-8-15/h3-10,18H,2,11-12H2,1H3. The van der Waals surface area contributed by atoms with Gasteiger partial charge in [-0.3, -0.25) is 0 Å². The molecule has 22 heavy (non-hydrogen) atoms. The quantitative estimate of drug-likeness (QED) is 0.745. The van der Waals surface area contributed by atoms with Crippen molar-refractivity contribution >= 4 is 26.0 Å². The van der Waals surface area contributed by atoms with Gasteiger partial charge in [-0.15, -0.1) is 0 Å². The zero-order valence-corrected chi connectivity index (χ0v) is 14.7. The number of ether oxygens (including phenoxy) is 1. The number of benzene rings is 2. The number of halogens is 1. The van der Waals surface area contributed by atoms with Crippen LogP contribution in [0.25, 0.3) is 0 Å². The molecule has 0 aliphatic rings. The lowest BCUT2D eigenvalue weighted by atomic mass is 10.2. The van der Waals surface area contributed by atoms with Gasteiger partial charge in [-0.25, -0.2) is 13.1 Å². The first-order chi connectivity index (χ1) is 10.5. The number of hydrogen-bond donors (Lipinski definition) is 1. The lowest BCUT2D eigenvalue weighted by molar-refractivity contribution is 0.323. The largest absolute Gasteiger partial charge is 0.492 e. The predicted molar refractivity (Wildman–Crippen MR) is 90.6 cm³/mol. The second-order valence-electron chi connectivity index (χ2n) is 4.70. The molecule has 0 spiro atoms. The molecular weight excluding hydrogens is 366 g/mol. The van der Waals surface area contributed by atoms with E-state index >= 15 is 0 Å². The molecule has 0 aromatic heterocycles. The third kappa shape index (κ3) is 4.83. The van der Waals surface area contributed by atoms with Crippen molar-refractivity contribution in [2.24, 2.45) is 0 Å². The maximum Gasteiger partial charge on any atom is 0.240 e. The maximum absolute atomic E-state index is 12.1. The van der Waals surface area contributed by atoms with E-state index in [2.05, 4.69) is 20.7 Å². The van der Waals surface area contributed by atoms with E-state index in [0.717, 1.165) is 16.5 Å². The minimum Gasteiger partial charge on any atom is -0.492 e. The van der Waals surface area contributed by atoms with Crippen molar-refractivity contribution in [2.75, 3.05) is 13.2 Å². The van der Waals surface area contributed by atoms with Crippen LogP contribution in [0.4, 0.5) is 0 Å². The van der Waals surface area contributed by atoms with E-state index in [1.165, 1.54) is 0 Å². The molecule has 2 aromatic carbocycles. The Balaban J connectivity index is 1.85. The second-order valence-corrected chi connectivity index (χ2v) is 7.38. The zero-order chi connectivity index (χ0) is 16.0. The third-order valence-electron chi connectivity index (χ3n) is 3.12. The molecule has 0 fully saturated rings. The van der Waals surface area contributed by atoms with Crippen LogP contribution in [0.1, 0.15) is 12.5 Å². The number of hydrogen-bond acceptors (Lipinski definition) is 3. The Kier molecular flexibility index (Phi) is 5.99. The van der Waals surface area contributed by atoms with Gasteiger partial charge in [0, 0.05) is 11.0 Å². The normalized spacial score (nSPS) is 11.4. The third-order valence-corrected chi connectivity index (χ3v) is 5.12. The zero-order valence-electron chi connectivity index (χ0n) is 12.3. The van der Waals surface area contributed by atoms with E-state index in [0.29, 0.717) is 5.75 Å². The fourth-order valence-electron chi connectivity index (χ4n) is 1.86. The van der Waals surface area contributed by atoms with Crippen LogP contribution in [0.5, 0.6) is 5.75 Å². The van der Waals surface area contributed by atoms with Gasteiger partial charge in [0.05, 0.1) is 4.90 Å². The van der Waals surface area contributed by atoms with Crippen LogP contribution in [-0.2, 0) is 16.4 Å². The van der Waals surface area contributed by atoms with Crippen LogP contribution in [0.2, 0.25) is 0 Å². The molecule has 0 aliphatic heterocycles. The van der Waals surface area contributed by atoms with Gasteiger partial charge in [0.2, 0.25) is 10.0 Å². The summed E-state index contributed by atoms with van der Waals surface area (Å²) in [6.45, 7) is 2.52. The first kappa shape index (κ1) is 17.0. The molecule has 2 aromatic rings. The van der Waals surface area contributed by atoms with Crippen molar-refractivity contribution < 1.29 is 13.2 Å². The molecule has 0 aliphatic carbocycles. The molecule has 0 unspecified atom stereocenters. The molecular formula is C16H18BrNO3S. The molecule has 2 rings (SSSR count). The summed E-state index contributed by atoms with van der Waals surface area (Å²) in [5.74, 6) is 0.703. The molecule has 0 saturated heterocycles. The van der Waals surface area contributed by atoms with Gasteiger partial charge >= 0.3 is 0 Å². The summed E-state index contributed by atoms with van der Waals surface area (Å²) in [6.07, 6.45) is 0.884. The number of nitrogens with one attached hydrogen (secondary N) is 1. The van der Waals surface area contributed by atoms with Crippen molar-refractivity contribution in [1.82, 2.24) is 4.72 Å². The first-order valence-electron chi connectivity index (χ1n) is 6.98. The van der Waals surface area contributed by atoms with E-state index in [1.54, 1.807) is 12.1 Å². The Labute approximate surface area is 139 Å². The van der Waals surface area contributed by atoms with E-state index in [1.807, 2.05) is 43.3 Å². The fraction of sp³-hybridized carbons (Fsp3) is 0.250. The second kappa shape index (κ2) is 7.76. The highest BCUT2D eigenvalue weighted by atomic mass is 79.9. The molecule has 0 heterocycles. The molecule has 0 saturated carbocycles. The molecule has 0 radical (unpaired) electrons. The van der Waals surface area contributed by atoms with Crippen molar-refractivity contribution in [3.05, 3.63) is 58.6 Å². The van der Waals surface area contributed by atoms with Crippen LogP contribution in [0.3, 0.4) is 0 Å². The smallest absolute Gasteiger partial charge is 0.240 e. The van der Waals surface area contributed by atoms with E-state index < -0.39 is 10.0 Å². The molecule has 0 atom stereocenters. The number of aryl methyl sites for hydroxylation is 1. The highest BCUT2D eigenvalue weighted by Gasteiger charge is 2.12. The number of rotatable bonds is 7. The van der Waals surface area contributed by atoms with Crippen molar-refractivity contribution in [2.45, 2.75) is 18.2 Å². The van der Waals surface area contributed by atoms with Crippen LogP contribution < -0.4 is 9.46 Å². The summed E-state index contributed by atoms with van der Waals surface area (Å²) in [5, 5.41) is 0. The summed E-state index contributed by atoms with van der Waals surface area (Å²) in [5.41, 5.74) is 1.11. The summed E-state index contributed by atoms with van der Waals surface area (Å²) in [6, 6.07) is 14.3. The molecule has 4 nitrogen and oxygen atoms in total. The Hall–Kier alpha value is -1.37. The van der Waals surface area contributed by atoms with Crippen LogP contribution in [-0.4, -0.2) is 21.6 Å². The Morgan fingerprint density at radius 2 is 1.68 bits per heavy atom. The van der Waals surface area contributed by atoms with Crippen LogP contribution in [0.15, 0.2) is 57.9 Å². The van der Waals surface area contributed by atoms with Gasteiger partial charge in [0.15, 0.2) is 0 Å². The van der Waals surface area contributed by atoms with Gasteiger partial charge < -0.3 is 4.74 Å². The Morgan fingerprint density at radius 1 is 1.05 bits per heavy atom. The average molecular weight is 384 g/mol. The summed E-state index contributed by atoms with van der Waals surface area (Å²) >= 11 is 3.34. The van der Waals surface area contributed by atoms with Crippen LogP contribution >= 0.6 is 15.9 Å². The van der Waals surface area contributed by atoms with Gasteiger partial charge in [0.25, 0.3) is 0 Å². The first-order valence-corrected chi connectivity index (χ1v) is 9.26. The minimum absolute atomic E-state index is 0.216. The molecule has 118 valence electrons. The highest BCUT2D eigenvalue weighted by Crippen LogP contribution is 2.16. The molecule has 6 heteroatoms. The molecule has 1 N–H and O–H groups in total. The van der Waals surface area contributed by atoms with Crippen molar-refractivity contribution in [3.8, 4) is 5.75 Å². The topological polar surface area (TPSA) is 55.4 Å². The summed E-state index contributed by atoms with van der Waals surface area (Å²) in [7, 11) is -3.48. The van der Waals surface area contributed by atoms with Gasteiger partial charge in [0.1, 0.15) is 12.4 Å². The summed E-state index contributed by atoms with van der Waals surface area (Å²) in [4.78, 5) is 0.272. The summed E-state index contributed by atoms with van der Waals surface area (Å²) < 4.78 is 33.2. The lowest BCUT2D eigenvalue weighted by Crippen LogP contribution is -2.28. The van der Waals surface area contributed by atoms with Gasteiger partial charge in [-0.05, 0) is 48.4 Å². The molecule has 0 bridgehead atoms. The minimum atomic E-state index is -3.48. The maximum atomic E-state index is 12.1. The van der Waals surface area contributed by atoms with E-state index in [4.69, 9.17) is 4.74 Å². The Morgan fingerprint density at radius 3 is 2.27 bits per heavy atom. The van der Waals surface area contributed by atoms with E-state index in [-0.39, 0.29) is 18.0 Å². The average Bonchev–Trinajstić information content (AvgIpc) is 2.53. The van der Waals surface area contributed by atoms with Crippen LogP contribution in [0, 0.1) is 0 Å². The van der Waals surface area contributed by atoms with Gasteiger partial charge in [-0.1, -0.05) is 35.0 Å².